The summed E-state index contributed by atoms with van der Waals surface area (Å²) in [5, 5.41) is 13.6. The number of carbonyl (C=O) groups is 1. The van der Waals surface area contributed by atoms with Crippen LogP contribution in [0.4, 0.5) is 0 Å². The number of hydrogen-bond donors (Lipinski definition) is 2. The van der Waals surface area contributed by atoms with Crippen molar-refractivity contribution >= 4 is 28.6 Å². The number of aromatic nitrogens is 4. The fourth-order valence-electron chi connectivity index (χ4n) is 3.23. The van der Waals surface area contributed by atoms with Crippen LogP contribution in [-0.4, -0.2) is 38.0 Å². The molecule has 1 amide bonds. The standard InChI is InChI=1S/C22H25N5O2S/c1-15(2)9-10-23-20(28)14-30-22-26-25-21(27(22)13-16-6-5-11-29-16)18-12-24-19-8-4-3-7-17(18)19/h3-8,11-12,15,24H,9-10,13-14H2,1-2H3,(H,23,28). The van der Waals surface area contributed by atoms with Crippen LogP contribution in [0.2, 0.25) is 0 Å². The molecule has 0 atom stereocenters. The number of fused-ring (bicyclic) bond motifs is 1. The van der Waals surface area contributed by atoms with E-state index in [1.807, 2.05) is 41.1 Å². The number of aromatic amines is 1. The maximum Gasteiger partial charge on any atom is 0.230 e. The van der Waals surface area contributed by atoms with Gasteiger partial charge in [-0.3, -0.25) is 9.36 Å². The number of nitrogens with zero attached hydrogens (tertiary/aromatic N) is 3. The highest BCUT2D eigenvalue weighted by atomic mass is 32.2. The van der Waals surface area contributed by atoms with Crippen molar-refractivity contribution in [3.8, 4) is 11.4 Å². The van der Waals surface area contributed by atoms with Gasteiger partial charge in [0.15, 0.2) is 11.0 Å². The average molecular weight is 424 g/mol. The van der Waals surface area contributed by atoms with Gasteiger partial charge in [-0.25, -0.2) is 0 Å². The molecule has 0 aliphatic rings. The zero-order chi connectivity index (χ0) is 20.9. The van der Waals surface area contributed by atoms with Gasteiger partial charge in [0.05, 0.1) is 18.6 Å². The van der Waals surface area contributed by atoms with Crippen molar-refractivity contribution in [1.29, 1.82) is 0 Å². The number of nitrogens with one attached hydrogen (secondary N) is 2. The molecule has 30 heavy (non-hydrogen) atoms. The van der Waals surface area contributed by atoms with Crippen LogP contribution in [0.15, 0.2) is 58.4 Å². The highest BCUT2D eigenvalue weighted by Gasteiger charge is 2.19. The zero-order valence-electron chi connectivity index (χ0n) is 17.1. The summed E-state index contributed by atoms with van der Waals surface area (Å²) in [5.74, 6) is 2.41. The van der Waals surface area contributed by atoms with Gasteiger partial charge >= 0.3 is 0 Å². The highest BCUT2D eigenvalue weighted by Crippen LogP contribution is 2.30. The number of benzene rings is 1. The van der Waals surface area contributed by atoms with E-state index in [0.717, 1.165) is 34.5 Å². The summed E-state index contributed by atoms with van der Waals surface area (Å²) in [4.78, 5) is 15.5. The van der Waals surface area contributed by atoms with Crippen LogP contribution in [0.5, 0.6) is 0 Å². The number of H-pyrrole nitrogens is 1. The van der Waals surface area contributed by atoms with E-state index in [-0.39, 0.29) is 5.91 Å². The van der Waals surface area contributed by atoms with Crippen molar-refractivity contribution < 1.29 is 9.21 Å². The van der Waals surface area contributed by atoms with Crippen LogP contribution in [0.1, 0.15) is 26.0 Å². The largest absolute Gasteiger partial charge is 0.467 e. The molecule has 0 saturated heterocycles. The van der Waals surface area contributed by atoms with Gasteiger partial charge in [0, 0.05) is 29.2 Å². The molecule has 3 aromatic heterocycles. The fourth-order valence-corrected chi connectivity index (χ4v) is 4.00. The molecular formula is C22H25N5O2S. The Morgan fingerprint density at radius 3 is 2.90 bits per heavy atom. The van der Waals surface area contributed by atoms with Crippen LogP contribution in [0, 0.1) is 5.92 Å². The van der Waals surface area contributed by atoms with Crippen LogP contribution in [-0.2, 0) is 11.3 Å². The lowest BCUT2D eigenvalue weighted by atomic mass is 10.1. The summed E-state index contributed by atoms with van der Waals surface area (Å²) in [5.41, 5.74) is 2.01. The first kappa shape index (κ1) is 20.3. The van der Waals surface area contributed by atoms with Gasteiger partial charge in [0.2, 0.25) is 5.91 Å². The Bertz CT molecular complexity index is 1110. The quantitative estimate of drug-likeness (QED) is 0.391. The third kappa shape index (κ3) is 4.59. The van der Waals surface area contributed by atoms with Crippen LogP contribution >= 0.6 is 11.8 Å². The molecule has 0 spiro atoms. The smallest absolute Gasteiger partial charge is 0.230 e. The van der Waals surface area contributed by atoms with Crippen molar-refractivity contribution in [3.05, 3.63) is 54.6 Å². The molecule has 2 N–H and O–H groups in total. The molecule has 0 bridgehead atoms. The predicted octanol–water partition coefficient (Wildman–Crippen LogP) is 4.32. The molecule has 7 nitrogen and oxygen atoms in total. The van der Waals surface area contributed by atoms with Gasteiger partial charge in [-0.1, -0.05) is 43.8 Å². The molecule has 0 saturated carbocycles. The zero-order valence-corrected chi connectivity index (χ0v) is 17.9. The van der Waals surface area contributed by atoms with Crippen LogP contribution in [0.25, 0.3) is 22.3 Å². The monoisotopic (exact) mass is 423 g/mol. The second-order valence-electron chi connectivity index (χ2n) is 7.54. The lowest BCUT2D eigenvalue weighted by Gasteiger charge is -2.09. The average Bonchev–Trinajstić information content (AvgIpc) is 3.46. The Kier molecular flexibility index (Phi) is 6.23. The second kappa shape index (κ2) is 9.21. The minimum atomic E-state index is 0.00171. The summed E-state index contributed by atoms with van der Waals surface area (Å²) < 4.78 is 7.55. The first-order valence-corrected chi connectivity index (χ1v) is 11.0. The maximum absolute atomic E-state index is 12.2. The number of rotatable bonds is 9. The molecule has 0 aliphatic carbocycles. The van der Waals surface area contributed by atoms with E-state index < -0.39 is 0 Å². The topological polar surface area (TPSA) is 88.7 Å². The number of hydrogen-bond acceptors (Lipinski definition) is 5. The van der Waals surface area contributed by atoms with Crippen molar-refractivity contribution in [2.45, 2.75) is 32.0 Å². The Morgan fingerprint density at radius 2 is 2.10 bits per heavy atom. The van der Waals surface area contributed by atoms with E-state index in [9.17, 15) is 4.79 Å². The number of thioether (sulfide) groups is 1. The summed E-state index contributed by atoms with van der Waals surface area (Å²) in [6, 6.07) is 11.9. The molecule has 0 radical (unpaired) electrons. The summed E-state index contributed by atoms with van der Waals surface area (Å²) in [6.45, 7) is 5.47. The minimum Gasteiger partial charge on any atom is -0.467 e. The second-order valence-corrected chi connectivity index (χ2v) is 8.48. The minimum absolute atomic E-state index is 0.00171. The first-order valence-electron chi connectivity index (χ1n) is 10.0. The van der Waals surface area contributed by atoms with Gasteiger partial charge in [0.1, 0.15) is 5.76 Å². The van der Waals surface area contributed by atoms with E-state index in [2.05, 4.69) is 40.4 Å². The van der Waals surface area contributed by atoms with Gasteiger partial charge in [-0.15, -0.1) is 10.2 Å². The summed E-state index contributed by atoms with van der Waals surface area (Å²) in [6.07, 6.45) is 4.57. The lowest BCUT2D eigenvalue weighted by Crippen LogP contribution is -2.27. The Morgan fingerprint density at radius 1 is 1.23 bits per heavy atom. The molecule has 0 aliphatic heterocycles. The van der Waals surface area contributed by atoms with Gasteiger partial charge in [0.25, 0.3) is 0 Å². The van der Waals surface area contributed by atoms with Crippen LogP contribution in [0.3, 0.4) is 0 Å². The maximum atomic E-state index is 12.2. The van der Waals surface area contributed by atoms with Gasteiger partial charge < -0.3 is 14.7 Å². The molecule has 4 rings (SSSR count). The Balaban J connectivity index is 1.57. The first-order chi connectivity index (χ1) is 14.6. The van der Waals surface area contributed by atoms with Crippen molar-refractivity contribution in [2.24, 2.45) is 5.92 Å². The molecule has 3 heterocycles. The SMILES string of the molecule is CC(C)CCNC(=O)CSc1nnc(-c2c[nH]c3ccccc23)n1Cc1ccco1. The summed E-state index contributed by atoms with van der Waals surface area (Å²) >= 11 is 1.38. The molecule has 4 aromatic rings. The fraction of sp³-hybridized carbons (Fsp3) is 0.318. The lowest BCUT2D eigenvalue weighted by molar-refractivity contribution is -0.118. The number of furan rings is 1. The molecule has 0 unspecified atom stereocenters. The van der Waals surface area contributed by atoms with Crippen molar-refractivity contribution in [3.63, 3.8) is 0 Å². The highest BCUT2D eigenvalue weighted by molar-refractivity contribution is 7.99. The number of para-hydroxylation sites is 1. The predicted molar refractivity (Wildman–Crippen MR) is 118 cm³/mol. The van der Waals surface area contributed by atoms with Crippen LogP contribution < -0.4 is 5.32 Å². The molecule has 8 heteroatoms. The normalized spacial score (nSPS) is 11.4. The molecule has 156 valence electrons. The van der Waals surface area contributed by atoms with Crippen molar-refractivity contribution in [1.82, 2.24) is 25.1 Å². The number of amides is 1. The third-order valence-electron chi connectivity index (χ3n) is 4.82. The van der Waals surface area contributed by atoms with E-state index in [1.165, 1.54) is 11.8 Å². The van der Waals surface area contributed by atoms with E-state index >= 15 is 0 Å². The number of carbonyl (C=O) groups excluding carboxylic acids is 1. The summed E-state index contributed by atoms with van der Waals surface area (Å²) in [7, 11) is 0. The van der Waals surface area contributed by atoms with Crippen molar-refractivity contribution in [2.75, 3.05) is 12.3 Å². The van der Waals surface area contributed by atoms with E-state index in [1.54, 1.807) is 6.26 Å². The van der Waals surface area contributed by atoms with E-state index in [4.69, 9.17) is 4.42 Å². The Labute approximate surface area is 179 Å². The van der Waals surface area contributed by atoms with E-state index in [0.29, 0.717) is 29.9 Å². The molecule has 0 fully saturated rings. The van der Waals surface area contributed by atoms with Gasteiger partial charge in [-0.2, -0.15) is 0 Å². The Hall–Kier alpha value is -3.00. The molecule has 1 aromatic carbocycles. The third-order valence-corrected chi connectivity index (χ3v) is 5.78. The molecular weight excluding hydrogens is 398 g/mol. The van der Waals surface area contributed by atoms with Gasteiger partial charge in [-0.05, 0) is 30.5 Å².